The minimum atomic E-state index is -3.64. The van der Waals surface area contributed by atoms with Crippen LogP contribution in [-0.2, 0) is 17.1 Å². The zero-order valence-corrected chi connectivity index (χ0v) is 20.1. The predicted molar refractivity (Wildman–Crippen MR) is 122 cm³/mol. The van der Waals surface area contributed by atoms with Crippen molar-refractivity contribution < 1.29 is 8.42 Å². The highest BCUT2D eigenvalue weighted by molar-refractivity contribution is 8.93. The van der Waals surface area contributed by atoms with Crippen molar-refractivity contribution in [1.82, 2.24) is 8.87 Å². The summed E-state index contributed by atoms with van der Waals surface area (Å²) in [6.45, 7) is 0. The number of thiazole rings is 1. The molecular formula is C18H18BrCl2N3O2S2. The van der Waals surface area contributed by atoms with Crippen molar-refractivity contribution in [3.05, 3.63) is 62.7 Å². The highest BCUT2D eigenvalue weighted by Crippen LogP contribution is 2.30. The van der Waals surface area contributed by atoms with E-state index >= 15 is 0 Å². The van der Waals surface area contributed by atoms with Crippen molar-refractivity contribution >= 4 is 67.2 Å². The fourth-order valence-electron chi connectivity index (χ4n) is 2.44. The number of benzene rings is 2. The molecule has 0 atom stereocenters. The lowest BCUT2D eigenvalue weighted by Crippen LogP contribution is -2.22. The lowest BCUT2D eigenvalue weighted by Gasteiger charge is -2.14. The van der Waals surface area contributed by atoms with Crippen molar-refractivity contribution in [2.24, 2.45) is 12.0 Å². The molecule has 0 N–H and O–H groups in total. The van der Waals surface area contributed by atoms with E-state index in [0.717, 1.165) is 20.4 Å². The maximum absolute atomic E-state index is 12.5. The second-order valence-electron chi connectivity index (χ2n) is 5.96. The molecule has 1 aromatic heterocycles. The topological polar surface area (TPSA) is 54.7 Å². The van der Waals surface area contributed by atoms with E-state index in [2.05, 4.69) is 4.99 Å². The standard InChI is InChI=1S/C18H17Cl2N3O2S2.BrH/c1-22(2)27(24,25)17-10-12(8-9-14(17)20)16-11-26-18(23(16)3)21-15-7-5-4-6-13(15)19;/h4-11H,1-3H3;1H/b21-18+;. The molecule has 1 heterocycles. The second-order valence-corrected chi connectivity index (χ2v) is 9.73. The quantitative estimate of drug-likeness (QED) is 0.477. The Morgan fingerprint density at radius 2 is 1.75 bits per heavy atom. The first-order valence-corrected chi connectivity index (χ1v) is 11.0. The van der Waals surface area contributed by atoms with Crippen molar-refractivity contribution in [1.29, 1.82) is 0 Å². The molecule has 0 amide bonds. The molecule has 0 aliphatic heterocycles. The average Bonchev–Trinajstić information content (AvgIpc) is 2.98. The van der Waals surface area contributed by atoms with Gasteiger partial charge >= 0.3 is 0 Å². The van der Waals surface area contributed by atoms with Crippen molar-refractivity contribution in [3.8, 4) is 11.3 Å². The van der Waals surface area contributed by atoms with E-state index in [1.165, 1.54) is 25.4 Å². The summed E-state index contributed by atoms with van der Waals surface area (Å²) < 4.78 is 28.1. The Morgan fingerprint density at radius 1 is 1.07 bits per heavy atom. The van der Waals surface area contributed by atoms with Crippen molar-refractivity contribution in [3.63, 3.8) is 0 Å². The molecule has 0 saturated heterocycles. The summed E-state index contributed by atoms with van der Waals surface area (Å²) in [4.78, 5) is 5.41. The Balaban J connectivity index is 0.00000280. The number of sulfonamides is 1. The third-order valence-corrected chi connectivity index (χ3v) is 7.51. The van der Waals surface area contributed by atoms with Gasteiger partial charge in [-0.3, -0.25) is 0 Å². The van der Waals surface area contributed by atoms with Gasteiger partial charge in [0.2, 0.25) is 10.0 Å². The highest BCUT2D eigenvalue weighted by Gasteiger charge is 2.22. The van der Waals surface area contributed by atoms with Crippen LogP contribution in [0.3, 0.4) is 0 Å². The van der Waals surface area contributed by atoms with Crippen LogP contribution < -0.4 is 4.80 Å². The zero-order chi connectivity index (χ0) is 19.8. The van der Waals surface area contributed by atoms with Gasteiger partial charge in [-0.05, 0) is 24.3 Å². The summed E-state index contributed by atoms with van der Waals surface area (Å²) in [7, 11) is 1.18. The lowest BCUT2D eigenvalue weighted by molar-refractivity contribution is 0.521. The van der Waals surface area contributed by atoms with Gasteiger partial charge in [-0.1, -0.05) is 41.4 Å². The van der Waals surface area contributed by atoms with Crippen LogP contribution in [0.2, 0.25) is 10.0 Å². The molecule has 0 aliphatic carbocycles. The highest BCUT2D eigenvalue weighted by atomic mass is 79.9. The van der Waals surface area contributed by atoms with E-state index in [-0.39, 0.29) is 26.9 Å². The molecule has 0 unspecified atom stereocenters. The third-order valence-electron chi connectivity index (χ3n) is 3.98. The van der Waals surface area contributed by atoms with Gasteiger partial charge in [0.25, 0.3) is 0 Å². The molecular weight excluding hydrogens is 505 g/mol. The molecule has 0 saturated carbocycles. The molecule has 10 heteroatoms. The molecule has 0 aliphatic rings. The SMILES string of the molecule is Br.CN(C)S(=O)(=O)c1cc(-c2cs/c(=N/c3ccccc3Cl)n2C)ccc1Cl. The van der Waals surface area contributed by atoms with Crippen LogP contribution in [-0.4, -0.2) is 31.4 Å². The zero-order valence-electron chi connectivity index (χ0n) is 15.3. The molecule has 28 heavy (non-hydrogen) atoms. The summed E-state index contributed by atoms with van der Waals surface area (Å²) in [6.07, 6.45) is 0. The van der Waals surface area contributed by atoms with E-state index in [4.69, 9.17) is 23.2 Å². The normalized spacial score (nSPS) is 12.3. The van der Waals surface area contributed by atoms with Crippen LogP contribution in [0.25, 0.3) is 11.3 Å². The van der Waals surface area contributed by atoms with E-state index in [9.17, 15) is 8.42 Å². The fraction of sp³-hybridized carbons (Fsp3) is 0.167. The fourth-order valence-corrected chi connectivity index (χ4v) is 4.93. The molecule has 0 spiro atoms. The van der Waals surface area contributed by atoms with Crippen LogP contribution in [0, 0.1) is 0 Å². The van der Waals surface area contributed by atoms with Crippen LogP contribution in [0.15, 0.2) is 57.7 Å². The number of hydrogen-bond donors (Lipinski definition) is 0. The summed E-state index contributed by atoms with van der Waals surface area (Å²) in [6, 6.07) is 12.3. The molecule has 2 aromatic carbocycles. The van der Waals surface area contributed by atoms with E-state index in [1.54, 1.807) is 24.3 Å². The lowest BCUT2D eigenvalue weighted by atomic mass is 10.2. The number of rotatable bonds is 4. The molecule has 0 fully saturated rings. The summed E-state index contributed by atoms with van der Waals surface area (Å²) in [5, 5.41) is 2.68. The van der Waals surface area contributed by atoms with Crippen LogP contribution >= 0.6 is 51.5 Å². The van der Waals surface area contributed by atoms with Gasteiger partial charge in [-0.15, -0.1) is 28.3 Å². The van der Waals surface area contributed by atoms with Gasteiger partial charge in [0.15, 0.2) is 4.80 Å². The minimum absolute atomic E-state index is 0. The smallest absolute Gasteiger partial charge is 0.244 e. The Morgan fingerprint density at radius 3 is 2.39 bits per heavy atom. The largest absolute Gasteiger partial charge is 0.320 e. The van der Waals surface area contributed by atoms with Gasteiger partial charge in [-0.2, -0.15) is 0 Å². The summed E-state index contributed by atoms with van der Waals surface area (Å²) in [5.74, 6) is 0. The van der Waals surface area contributed by atoms with Crippen LogP contribution in [0.4, 0.5) is 5.69 Å². The van der Waals surface area contributed by atoms with E-state index in [1.807, 2.05) is 35.2 Å². The molecule has 0 radical (unpaired) electrons. The molecule has 0 bridgehead atoms. The van der Waals surface area contributed by atoms with Crippen molar-refractivity contribution in [2.45, 2.75) is 4.90 Å². The maximum Gasteiger partial charge on any atom is 0.244 e. The van der Waals surface area contributed by atoms with Crippen LogP contribution in [0.1, 0.15) is 0 Å². The first-order chi connectivity index (χ1) is 12.7. The minimum Gasteiger partial charge on any atom is -0.320 e. The van der Waals surface area contributed by atoms with Gasteiger partial charge in [-0.25, -0.2) is 17.7 Å². The number of para-hydroxylation sites is 1. The molecule has 150 valence electrons. The number of aromatic nitrogens is 1. The number of hydrogen-bond acceptors (Lipinski definition) is 4. The van der Waals surface area contributed by atoms with Gasteiger partial charge in [0, 0.05) is 32.1 Å². The average molecular weight is 523 g/mol. The number of halogens is 3. The molecule has 5 nitrogen and oxygen atoms in total. The maximum atomic E-state index is 12.5. The third kappa shape index (κ3) is 4.53. The Labute approximate surface area is 188 Å². The predicted octanol–water partition coefficient (Wildman–Crippen LogP) is 5.12. The number of nitrogens with zero attached hydrogens (tertiary/aromatic N) is 3. The van der Waals surface area contributed by atoms with E-state index < -0.39 is 10.0 Å². The monoisotopic (exact) mass is 521 g/mol. The Bertz CT molecular complexity index is 1170. The first kappa shape index (κ1) is 23.1. The van der Waals surface area contributed by atoms with E-state index in [0.29, 0.717) is 10.7 Å². The summed E-state index contributed by atoms with van der Waals surface area (Å²) in [5.41, 5.74) is 2.24. The Hall–Kier alpha value is -1.16. The van der Waals surface area contributed by atoms with Gasteiger partial charge in [0.1, 0.15) is 4.90 Å². The van der Waals surface area contributed by atoms with Gasteiger partial charge in [0.05, 0.1) is 21.4 Å². The Kier molecular flexibility index (Phi) is 7.52. The van der Waals surface area contributed by atoms with Crippen LogP contribution in [0.5, 0.6) is 0 Å². The van der Waals surface area contributed by atoms with Crippen molar-refractivity contribution in [2.75, 3.05) is 14.1 Å². The summed E-state index contributed by atoms with van der Waals surface area (Å²) >= 11 is 13.8. The second kappa shape index (κ2) is 9.11. The first-order valence-electron chi connectivity index (χ1n) is 7.88. The molecule has 3 rings (SSSR count). The molecule has 3 aromatic rings. The van der Waals surface area contributed by atoms with Gasteiger partial charge < -0.3 is 4.57 Å².